The largest absolute Gasteiger partial charge is 0.494 e. The van der Waals surface area contributed by atoms with Gasteiger partial charge in [-0.1, -0.05) is 25.7 Å². The van der Waals surface area contributed by atoms with Gasteiger partial charge in [0.15, 0.2) is 5.78 Å². The summed E-state index contributed by atoms with van der Waals surface area (Å²) in [7, 11) is 0. The number of hydrogen-bond acceptors (Lipinski definition) is 3. The van der Waals surface area contributed by atoms with E-state index in [0.29, 0.717) is 12.6 Å². The summed E-state index contributed by atoms with van der Waals surface area (Å²) in [6.45, 7) is 4.58. The molecule has 1 aromatic rings. The second-order valence-electron chi connectivity index (χ2n) is 5.90. The molecule has 3 nitrogen and oxygen atoms in total. The first-order valence-electron chi connectivity index (χ1n) is 8.24. The average molecular weight is 289 g/mol. The van der Waals surface area contributed by atoms with Gasteiger partial charge in [0.05, 0.1) is 12.6 Å². The summed E-state index contributed by atoms with van der Waals surface area (Å²) in [5.74, 6) is 0.987. The highest BCUT2D eigenvalue weighted by Crippen LogP contribution is 2.19. The first-order valence-corrected chi connectivity index (χ1v) is 8.24. The molecule has 1 N–H and O–H groups in total. The number of carbonyl (C=O) groups is 1. The van der Waals surface area contributed by atoms with Crippen LogP contribution in [0.25, 0.3) is 0 Å². The average Bonchev–Trinajstić information content (AvgIpc) is 2.76. The Hall–Kier alpha value is -1.35. The van der Waals surface area contributed by atoms with E-state index in [9.17, 15) is 4.79 Å². The Morgan fingerprint density at radius 2 is 1.81 bits per heavy atom. The summed E-state index contributed by atoms with van der Waals surface area (Å²) in [5.41, 5.74) is 0.757. The minimum absolute atomic E-state index is 0.119. The molecule has 2 rings (SSSR count). The quantitative estimate of drug-likeness (QED) is 0.636. The lowest BCUT2D eigenvalue weighted by Gasteiger charge is -2.21. The molecule has 0 aromatic heterocycles. The second kappa shape index (κ2) is 8.18. The van der Waals surface area contributed by atoms with Gasteiger partial charge in [-0.3, -0.25) is 4.79 Å². The minimum atomic E-state index is -0.119. The van der Waals surface area contributed by atoms with Crippen LogP contribution >= 0.6 is 0 Å². The van der Waals surface area contributed by atoms with Crippen LogP contribution in [0.1, 0.15) is 62.7 Å². The summed E-state index contributed by atoms with van der Waals surface area (Å²) in [6, 6.07) is 7.83. The number of ether oxygens (including phenoxy) is 1. The van der Waals surface area contributed by atoms with Crippen LogP contribution in [0.5, 0.6) is 5.75 Å². The van der Waals surface area contributed by atoms with E-state index in [1.807, 2.05) is 38.1 Å². The molecule has 1 fully saturated rings. The molecule has 0 amide bonds. The van der Waals surface area contributed by atoms with Gasteiger partial charge in [0, 0.05) is 11.6 Å². The highest BCUT2D eigenvalue weighted by Gasteiger charge is 2.20. The van der Waals surface area contributed by atoms with Crippen molar-refractivity contribution in [1.29, 1.82) is 0 Å². The summed E-state index contributed by atoms with van der Waals surface area (Å²) in [4.78, 5) is 12.5. The van der Waals surface area contributed by atoms with E-state index in [1.54, 1.807) is 0 Å². The Bertz CT molecular complexity index is 433. The Kier molecular flexibility index (Phi) is 6.24. The molecular weight excluding hydrogens is 262 g/mol. The Morgan fingerprint density at radius 3 is 2.38 bits per heavy atom. The van der Waals surface area contributed by atoms with Crippen LogP contribution in [0.4, 0.5) is 0 Å². The summed E-state index contributed by atoms with van der Waals surface area (Å²) >= 11 is 0. The molecule has 3 heteroatoms. The van der Waals surface area contributed by atoms with Gasteiger partial charge in [-0.05, 0) is 51.0 Å². The number of hydrogen-bond donors (Lipinski definition) is 1. The maximum atomic E-state index is 12.5. The van der Waals surface area contributed by atoms with Crippen molar-refractivity contribution < 1.29 is 9.53 Å². The van der Waals surface area contributed by atoms with Crippen LogP contribution in [0, 0.1) is 0 Å². The van der Waals surface area contributed by atoms with Gasteiger partial charge in [-0.15, -0.1) is 0 Å². The zero-order valence-corrected chi connectivity index (χ0v) is 13.2. The van der Waals surface area contributed by atoms with Crippen molar-refractivity contribution in [3.8, 4) is 5.75 Å². The fourth-order valence-electron chi connectivity index (χ4n) is 3.01. The molecule has 0 aliphatic heterocycles. The van der Waals surface area contributed by atoms with E-state index < -0.39 is 0 Å². The normalized spacial score (nSPS) is 18.0. The lowest BCUT2D eigenvalue weighted by atomic mass is 10.0. The van der Waals surface area contributed by atoms with Gasteiger partial charge >= 0.3 is 0 Å². The van der Waals surface area contributed by atoms with Crippen LogP contribution in [-0.4, -0.2) is 24.5 Å². The smallest absolute Gasteiger partial charge is 0.179 e. The van der Waals surface area contributed by atoms with Gasteiger partial charge in [0.2, 0.25) is 0 Å². The molecule has 1 atom stereocenters. The summed E-state index contributed by atoms with van der Waals surface area (Å²) in [6.07, 6.45) is 7.61. The van der Waals surface area contributed by atoms with E-state index >= 15 is 0 Å². The van der Waals surface area contributed by atoms with Crippen molar-refractivity contribution >= 4 is 5.78 Å². The number of nitrogens with one attached hydrogen (secondary N) is 1. The lowest BCUT2D eigenvalue weighted by Crippen LogP contribution is -2.41. The molecule has 21 heavy (non-hydrogen) atoms. The Balaban J connectivity index is 1.91. The van der Waals surface area contributed by atoms with E-state index in [0.717, 1.165) is 11.3 Å². The number of rotatable bonds is 6. The van der Waals surface area contributed by atoms with Gasteiger partial charge in [-0.2, -0.15) is 0 Å². The fraction of sp³-hybridized carbons (Fsp3) is 0.611. The highest BCUT2D eigenvalue weighted by atomic mass is 16.5. The predicted octanol–water partition coefficient (Wildman–Crippen LogP) is 3.97. The first kappa shape index (κ1) is 16.0. The topological polar surface area (TPSA) is 38.3 Å². The Morgan fingerprint density at radius 1 is 1.19 bits per heavy atom. The van der Waals surface area contributed by atoms with Gasteiger partial charge in [0.1, 0.15) is 5.75 Å². The van der Waals surface area contributed by atoms with Crippen molar-refractivity contribution in [2.45, 2.75) is 64.5 Å². The first-order chi connectivity index (χ1) is 10.2. The van der Waals surface area contributed by atoms with Crippen LogP contribution in [0.2, 0.25) is 0 Å². The molecule has 0 heterocycles. The molecule has 1 unspecified atom stereocenters. The third-order valence-electron chi connectivity index (χ3n) is 4.18. The molecule has 1 aliphatic carbocycles. The molecule has 0 saturated heterocycles. The van der Waals surface area contributed by atoms with Crippen LogP contribution in [0.3, 0.4) is 0 Å². The molecule has 1 saturated carbocycles. The maximum absolute atomic E-state index is 12.5. The molecule has 0 bridgehead atoms. The molecular formula is C18H27NO2. The number of carbonyl (C=O) groups excluding carboxylic acids is 1. The van der Waals surface area contributed by atoms with Crippen molar-refractivity contribution in [2.24, 2.45) is 0 Å². The fourth-order valence-corrected chi connectivity index (χ4v) is 3.01. The zero-order valence-electron chi connectivity index (χ0n) is 13.2. The maximum Gasteiger partial charge on any atom is 0.179 e. The van der Waals surface area contributed by atoms with E-state index in [-0.39, 0.29) is 11.8 Å². The van der Waals surface area contributed by atoms with Crippen molar-refractivity contribution in [3.63, 3.8) is 0 Å². The van der Waals surface area contributed by atoms with E-state index in [2.05, 4.69) is 5.32 Å². The Labute approximate surface area is 128 Å². The SMILES string of the molecule is CCOc1ccc(C(=O)C(C)NC2CCCCCC2)cc1. The van der Waals surface area contributed by atoms with Crippen LogP contribution < -0.4 is 10.1 Å². The third-order valence-corrected chi connectivity index (χ3v) is 4.18. The van der Waals surface area contributed by atoms with Crippen molar-refractivity contribution in [1.82, 2.24) is 5.32 Å². The van der Waals surface area contributed by atoms with Gasteiger partial charge < -0.3 is 10.1 Å². The summed E-state index contributed by atoms with van der Waals surface area (Å²) in [5, 5.41) is 3.52. The van der Waals surface area contributed by atoms with Gasteiger partial charge in [0.25, 0.3) is 0 Å². The number of benzene rings is 1. The van der Waals surface area contributed by atoms with Crippen LogP contribution in [-0.2, 0) is 0 Å². The molecule has 1 aliphatic rings. The van der Waals surface area contributed by atoms with Crippen molar-refractivity contribution in [2.75, 3.05) is 6.61 Å². The van der Waals surface area contributed by atoms with Crippen LogP contribution in [0.15, 0.2) is 24.3 Å². The molecule has 0 spiro atoms. The predicted molar refractivity (Wildman–Crippen MR) is 86.0 cm³/mol. The summed E-state index contributed by atoms with van der Waals surface area (Å²) < 4.78 is 5.41. The minimum Gasteiger partial charge on any atom is -0.494 e. The van der Waals surface area contributed by atoms with Crippen molar-refractivity contribution in [3.05, 3.63) is 29.8 Å². The van der Waals surface area contributed by atoms with E-state index in [4.69, 9.17) is 4.74 Å². The van der Waals surface area contributed by atoms with E-state index in [1.165, 1.54) is 38.5 Å². The highest BCUT2D eigenvalue weighted by molar-refractivity contribution is 5.99. The standard InChI is InChI=1S/C18H27NO2/c1-3-21-17-12-10-15(11-13-17)18(20)14(2)19-16-8-6-4-5-7-9-16/h10-14,16,19H,3-9H2,1-2H3. The number of Topliss-reactive ketones (excluding diaryl/α,β-unsaturated/α-hetero) is 1. The number of ketones is 1. The molecule has 1 aromatic carbocycles. The van der Waals surface area contributed by atoms with Gasteiger partial charge in [-0.25, -0.2) is 0 Å². The monoisotopic (exact) mass is 289 g/mol. The molecule has 0 radical (unpaired) electrons. The lowest BCUT2D eigenvalue weighted by molar-refractivity contribution is 0.0942. The third kappa shape index (κ3) is 4.85. The zero-order chi connectivity index (χ0) is 15.1. The molecule has 116 valence electrons. The second-order valence-corrected chi connectivity index (χ2v) is 5.90.